The van der Waals surface area contributed by atoms with E-state index in [1.807, 2.05) is 4.90 Å². The third kappa shape index (κ3) is 5.46. The van der Waals surface area contributed by atoms with E-state index < -0.39 is 30.5 Å². The number of nitrogens with two attached hydrogens (primary N) is 1. The molecular formula is C19H26BN3O8. The number of carboxylic acid groups (broad SMARTS) is 2. The van der Waals surface area contributed by atoms with Crippen LogP contribution in [-0.4, -0.2) is 82.9 Å². The molecule has 1 atom stereocenters. The van der Waals surface area contributed by atoms with Gasteiger partial charge in [0.1, 0.15) is 28.7 Å². The van der Waals surface area contributed by atoms with Gasteiger partial charge in [0.05, 0.1) is 6.42 Å². The molecule has 2 aliphatic heterocycles. The van der Waals surface area contributed by atoms with Gasteiger partial charge in [-0.05, 0) is 31.3 Å². The van der Waals surface area contributed by atoms with Crippen molar-refractivity contribution in [3.8, 4) is 11.5 Å². The zero-order valence-electron chi connectivity index (χ0n) is 17.2. The quantitative estimate of drug-likeness (QED) is 0.308. The van der Waals surface area contributed by atoms with Gasteiger partial charge in [-0.1, -0.05) is 6.07 Å². The number of aliphatic carboxylic acids is 1. The Hall–Kier alpha value is -2.83. The summed E-state index contributed by atoms with van der Waals surface area (Å²) >= 11 is 0. The van der Waals surface area contributed by atoms with Gasteiger partial charge < -0.3 is 35.7 Å². The second kappa shape index (κ2) is 9.12. The van der Waals surface area contributed by atoms with Crippen molar-refractivity contribution in [3.63, 3.8) is 0 Å². The van der Waals surface area contributed by atoms with Gasteiger partial charge in [0.25, 0.3) is 0 Å². The summed E-state index contributed by atoms with van der Waals surface area (Å²) in [7, 11) is -1.05. The summed E-state index contributed by atoms with van der Waals surface area (Å²) in [5.74, 6) is -2.37. The molecule has 1 saturated heterocycles. The zero-order chi connectivity index (χ0) is 22.8. The topological polar surface area (TPSA) is 172 Å². The summed E-state index contributed by atoms with van der Waals surface area (Å²) in [4.78, 5) is 36.4. The number of ether oxygens (including phenoxy) is 1. The molecule has 2 aliphatic rings. The van der Waals surface area contributed by atoms with E-state index in [1.165, 1.54) is 0 Å². The van der Waals surface area contributed by atoms with E-state index in [-0.39, 0.29) is 42.7 Å². The predicted octanol–water partition coefficient (Wildman–Crippen LogP) is -0.828. The number of nitrogens with zero attached hydrogens (tertiary/aromatic N) is 1. The molecule has 1 aromatic carbocycles. The van der Waals surface area contributed by atoms with E-state index in [2.05, 4.69) is 5.32 Å². The Kier molecular flexibility index (Phi) is 6.72. The number of amides is 1. The third-order valence-corrected chi connectivity index (χ3v) is 5.24. The summed E-state index contributed by atoms with van der Waals surface area (Å²) < 4.78 is 11.2. The molecule has 0 spiro atoms. The van der Waals surface area contributed by atoms with Crippen molar-refractivity contribution < 1.29 is 39.0 Å². The average Bonchev–Trinajstić information content (AvgIpc) is 2.64. The molecule has 1 aromatic rings. The first-order chi connectivity index (χ1) is 14.6. The van der Waals surface area contributed by atoms with Gasteiger partial charge >= 0.3 is 19.1 Å². The van der Waals surface area contributed by atoms with Gasteiger partial charge in [-0.15, -0.1) is 0 Å². The number of carboxylic acids is 2. The van der Waals surface area contributed by atoms with Crippen LogP contribution in [0.25, 0.3) is 0 Å². The van der Waals surface area contributed by atoms with Crippen LogP contribution < -0.4 is 20.4 Å². The van der Waals surface area contributed by atoms with Crippen molar-refractivity contribution >= 4 is 25.0 Å². The molecule has 0 bridgehead atoms. The minimum atomic E-state index is -1.22. The van der Waals surface area contributed by atoms with Crippen LogP contribution >= 0.6 is 0 Å². The maximum absolute atomic E-state index is 12.2. The summed E-state index contributed by atoms with van der Waals surface area (Å²) in [6.45, 7) is 2.67. The maximum Gasteiger partial charge on any atom is 0.522 e. The lowest BCUT2D eigenvalue weighted by atomic mass is 9.78. The molecule has 0 unspecified atom stereocenters. The minimum Gasteiger partial charge on any atom is -0.535 e. The monoisotopic (exact) mass is 435 g/mol. The van der Waals surface area contributed by atoms with Gasteiger partial charge in [0, 0.05) is 26.2 Å². The van der Waals surface area contributed by atoms with E-state index in [9.17, 15) is 24.5 Å². The van der Waals surface area contributed by atoms with Gasteiger partial charge in [0.15, 0.2) is 0 Å². The summed E-state index contributed by atoms with van der Waals surface area (Å²) in [6, 6.07) is 3.33. The number of carbonyl (C=O) groups excluding carboxylic acids is 1. The zero-order valence-corrected chi connectivity index (χ0v) is 17.2. The largest absolute Gasteiger partial charge is 0.535 e. The molecule has 0 aromatic heterocycles. The lowest BCUT2D eigenvalue weighted by Gasteiger charge is -2.42. The van der Waals surface area contributed by atoms with Gasteiger partial charge in [-0.2, -0.15) is 0 Å². The van der Waals surface area contributed by atoms with E-state index in [1.54, 1.807) is 19.1 Å². The lowest BCUT2D eigenvalue weighted by molar-refractivity contribution is -0.137. The lowest BCUT2D eigenvalue weighted by Crippen LogP contribution is -2.64. The smallest absolute Gasteiger partial charge is 0.522 e. The van der Waals surface area contributed by atoms with Crippen LogP contribution in [0.2, 0.25) is 6.32 Å². The van der Waals surface area contributed by atoms with Crippen LogP contribution in [-0.2, 0) is 16.0 Å². The molecule has 0 saturated carbocycles. The highest BCUT2D eigenvalue weighted by atomic mass is 16.5. The molecule has 12 heteroatoms. The number of aromatic carboxylic acids is 1. The number of rotatable bonds is 9. The first-order valence-corrected chi connectivity index (χ1v) is 9.98. The van der Waals surface area contributed by atoms with Crippen LogP contribution in [0.15, 0.2) is 12.1 Å². The molecule has 1 amide bonds. The summed E-state index contributed by atoms with van der Waals surface area (Å²) in [5.41, 5.74) is 5.45. The van der Waals surface area contributed by atoms with Crippen molar-refractivity contribution in [2.45, 2.75) is 37.7 Å². The number of hydrogen-bond donors (Lipinski definition) is 5. The summed E-state index contributed by atoms with van der Waals surface area (Å²) in [5, 5.41) is 30.5. The highest BCUT2D eigenvalue weighted by Gasteiger charge is 2.38. The van der Waals surface area contributed by atoms with E-state index in [0.717, 1.165) is 0 Å². The fraction of sp³-hybridized carbons (Fsp3) is 0.526. The molecule has 168 valence electrons. The van der Waals surface area contributed by atoms with Crippen LogP contribution in [0.1, 0.15) is 29.3 Å². The van der Waals surface area contributed by atoms with Gasteiger partial charge in [-0.3, -0.25) is 14.5 Å². The highest BCUT2D eigenvalue weighted by molar-refractivity contribution is 6.44. The van der Waals surface area contributed by atoms with Crippen molar-refractivity contribution in [2.75, 3.05) is 26.2 Å². The molecule has 6 N–H and O–H groups in total. The normalized spacial score (nSPS) is 18.2. The maximum atomic E-state index is 12.2. The number of nitrogens with one attached hydrogen (secondary N) is 1. The molecule has 1 fully saturated rings. The van der Waals surface area contributed by atoms with E-state index >= 15 is 0 Å². The summed E-state index contributed by atoms with van der Waals surface area (Å²) in [6.07, 6.45) is 0.425. The Morgan fingerprint density at radius 2 is 2.06 bits per heavy atom. The number of benzene rings is 1. The Balaban J connectivity index is 1.56. The fourth-order valence-electron chi connectivity index (χ4n) is 3.64. The van der Waals surface area contributed by atoms with Crippen LogP contribution in [0.3, 0.4) is 0 Å². The number of fused-ring (bicyclic) bond motifs is 1. The fourth-order valence-corrected chi connectivity index (χ4v) is 3.64. The van der Waals surface area contributed by atoms with Crippen molar-refractivity contribution in [1.82, 2.24) is 10.2 Å². The minimum absolute atomic E-state index is 0.000243. The molecule has 2 heterocycles. The number of aryl methyl sites for hydroxylation is 1. The number of carbonyl (C=O) groups is 3. The van der Waals surface area contributed by atoms with Crippen molar-refractivity contribution in [2.24, 2.45) is 5.73 Å². The van der Waals surface area contributed by atoms with Crippen LogP contribution in [0.4, 0.5) is 0 Å². The third-order valence-electron chi connectivity index (χ3n) is 5.24. The molecule has 11 nitrogen and oxygen atoms in total. The Bertz CT molecular complexity index is 872. The van der Waals surface area contributed by atoms with Gasteiger partial charge in [0.2, 0.25) is 5.91 Å². The average molecular weight is 435 g/mol. The Morgan fingerprint density at radius 1 is 1.35 bits per heavy atom. The molecule has 0 aliphatic carbocycles. The second-order valence-electron chi connectivity index (χ2n) is 8.09. The Morgan fingerprint density at radius 3 is 2.71 bits per heavy atom. The molecular weight excluding hydrogens is 409 g/mol. The SMILES string of the molecule is C[C@@](N)(CN1CC(Oc2ccc3c(c2C(=O)O)OB(O)CC3)C1)C(=O)NCCC(=O)O. The Labute approximate surface area is 179 Å². The first-order valence-electron chi connectivity index (χ1n) is 9.98. The van der Waals surface area contributed by atoms with Crippen LogP contribution in [0.5, 0.6) is 11.5 Å². The van der Waals surface area contributed by atoms with E-state index in [4.69, 9.17) is 20.2 Å². The van der Waals surface area contributed by atoms with Crippen molar-refractivity contribution in [3.05, 3.63) is 23.3 Å². The molecule has 3 rings (SSSR count). The highest BCUT2D eigenvalue weighted by Crippen LogP contribution is 2.37. The second-order valence-corrected chi connectivity index (χ2v) is 8.09. The van der Waals surface area contributed by atoms with Gasteiger partial charge in [-0.25, -0.2) is 4.79 Å². The molecule has 0 radical (unpaired) electrons. The predicted molar refractivity (Wildman–Crippen MR) is 109 cm³/mol. The first kappa shape index (κ1) is 22.9. The number of hydrogen-bond acceptors (Lipinski definition) is 8. The van der Waals surface area contributed by atoms with Crippen LogP contribution in [0, 0.1) is 0 Å². The standard InChI is InChI=1S/C19H26BN3O8/c1-19(21,18(28)22-7-5-14(24)25)10-23-8-12(9-23)30-13-3-2-11-4-6-20(29)31-16(11)15(13)17(26)27/h2-3,12,29H,4-10,21H2,1H3,(H,22,28)(H,24,25)(H,26,27)/t19-/m1/s1. The number of likely N-dealkylation sites (tertiary alicyclic amines) is 1. The van der Waals surface area contributed by atoms with E-state index in [0.29, 0.717) is 31.4 Å². The van der Waals surface area contributed by atoms with Crippen molar-refractivity contribution in [1.29, 1.82) is 0 Å². The molecule has 31 heavy (non-hydrogen) atoms.